The van der Waals surface area contributed by atoms with Crippen molar-refractivity contribution in [3.8, 4) is 0 Å². The van der Waals surface area contributed by atoms with Crippen molar-refractivity contribution in [2.75, 3.05) is 7.11 Å². The number of para-hydroxylation sites is 1. The normalized spacial score (nSPS) is 10.9. The molecule has 1 aromatic heterocycles. The number of aromatic nitrogens is 1. The maximum absolute atomic E-state index is 5.11. The van der Waals surface area contributed by atoms with Crippen LogP contribution in [0.2, 0.25) is 0 Å². The molecular weight excluding hydrogens is 162 g/mol. The minimum absolute atomic E-state index is 0.653. The van der Waals surface area contributed by atoms with E-state index in [4.69, 9.17) is 4.74 Å². The second-order valence-electron chi connectivity index (χ2n) is 3.21. The third-order valence-electron chi connectivity index (χ3n) is 2.36. The lowest BCUT2D eigenvalue weighted by Crippen LogP contribution is -1.88. The Morgan fingerprint density at radius 3 is 2.77 bits per heavy atom. The standard InChI is InChI=1S/C11H13NO/c1-8-9-5-3-4-6-10(9)12-11(8)7-13-2/h3-6,12H,7H2,1-2H3. The molecule has 0 spiro atoms. The highest BCUT2D eigenvalue weighted by atomic mass is 16.5. The van der Waals surface area contributed by atoms with Gasteiger partial charge in [0, 0.05) is 23.7 Å². The number of benzene rings is 1. The molecule has 68 valence electrons. The number of H-pyrrole nitrogens is 1. The molecule has 0 amide bonds. The minimum Gasteiger partial charge on any atom is -0.378 e. The van der Waals surface area contributed by atoms with Crippen molar-refractivity contribution in [1.82, 2.24) is 4.98 Å². The van der Waals surface area contributed by atoms with E-state index in [0.717, 1.165) is 0 Å². The summed E-state index contributed by atoms with van der Waals surface area (Å²) in [5.74, 6) is 0. The van der Waals surface area contributed by atoms with Crippen molar-refractivity contribution in [1.29, 1.82) is 0 Å². The molecule has 2 nitrogen and oxygen atoms in total. The second-order valence-corrected chi connectivity index (χ2v) is 3.21. The van der Waals surface area contributed by atoms with E-state index >= 15 is 0 Å². The highest BCUT2D eigenvalue weighted by Crippen LogP contribution is 2.21. The first-order valence-corrected chi connectivity index (χ1v) is 4.38. The molecule has 0 radical (unpaired) electrons. The molecule has 0 aliphatic heterocycles. The summed E-state index contributed by atoms with van der Waals surface area (Å²) in [6.45, 7) is 2.77. The molecule has 0 aliphatic carbocycles. The van der Waals surface area contributed by atoms with Crippen molar-refractivity contribution in [2.24, 2.45) is 0 Å². The molecule has 1 N–H and O–H groups in total. The zero-order chi connectivity index (χ0) is 9.26. The van der Waals surface area contributed by atoms with Crippen LogP contribution < -0.4 is 0 Å². The zero-order valence-corrected chi connectivity index (χ0v) is 7.92. The van der Waals surface area contributed by atoms with Crippen molar-refractivity contribution in [2.45, 2.75) is 13.5 Å². The monoisotopic (exact) mass is 175 g/mol. The Morgan fingerprint density at radius 1 is 1.31 bits per heavy atom. The number of nitrogens with one attached hydrogen (secondary N) is 1. The predicted octanol–water partition coefficient (Wildman–Crippen LogP) is 2.62. The molecule has 0 saturated carbocycles. The van der Waals surface area contributed by atoms with Gasteiger partial charge in [-0.15, -0.1) is 0 Å². The number of ether oxygens (including phenoxy) is 1. The third kappa shape index (κ3) is 1.33. The average molecular weight is 175 g/mol. The first kappa shape index (κ1) is 8.32. The predicted molar refractivity (Wildman–Crippen MR) is 53.7 cm³/mol. The molecule has 0 fully saturated rings. The number of fused-ring (bicyclic) bond motifs is 1. The van der Waals surface area contributed by atoms with Gasteiger partial charge in [-0.3, -0.25) is 0 Å². The molecule has 2 aromatic rings. The Kier molecular flexibility index (Phi) is 2.07. The second kappa shape index (κ2) is 3.23. The van der Waals surface area contributed by atoms with Gasteiger partial charge in [-0.1, -0.05) is 18.2 Å². The molecule has 13 heavy (non-hydrogen) atoms. The van der Waals surface area contributed by atoms with Gasteiger partial charge in [-0.25, -0.2) is 0 Å². The largest absolute Gasteiger partial charge is 0.378 e. The van der Waals surface area contributed by atoms with Gasteiger partial charge in [0.05, 0.1) is 6.61 Å². The molecule has 0 bridgehead atoms. The third-order valence-corrected chi connectivity index (χ3v) is 2.36. The summed E-state index contributed by atoms with van der Waals surface area (Å²) in [5.41, 5.74) is 3.65. The Morgan fingerprint density at radius 2 is 2.08 bits per heavy atom. The Balaban J connectivity index is 2.60. The van der Waals surface area contributed by atoms with Crippen LogP contribution in [-0.2, 0) is 11.3 Å². The maximum atomic E-state index is 5.11. The van der Waals surface area contributed by atoms with Gasteiger partial charge < -0.3 is 9.72 Å². The van der Waals surface area contributed by atoms with E-state index in [0.29, 0.717) is 6.61 Å². The topological polar surface area (TPSA) is 25.0 Å². The lowest BCUT2D eigenvalue weighted by Gasteiger charge is -1.96. The van der Waals surface area contributed by atoms with E-state index in [9.17, 15) is 0 Å². The summed E-state index contributed by atoms with van der Waals surface area (Å²) < 4.78 is 5.11. The summed E-state index contributed by atoms with van der Waals surface area (Å²) in [7, 11) is 1.71. The van der Waals surface area contributed by atoms with Crippen molar-refractivity contribution >= 4 is 10.9 Å². The lowest BCUT2D eigenvalue weighted by molar-refractivity contribution is 0.181. The van der Waals surface area contributed by atoms with Gasteiger partial charge in [-0.2, -0.15) is 0 Å². The van der Waals surface area contributed by atoms with E-state index < -0.39 is 0 Å². The van der Waals surface area contributed by atoms with E-state index in [2.05, 4.69) is 30.1 Å². The molecule has 2 heteroatoms. The van der Waals surface area contributed by atoms with E-state index in [1.54, 1.807) is 7.11 Å². The molecule has 0 unspecified atom stereocenters. The number of hydrogen-bond acceptors (Lipinski definition) is 1. The number of aryl methyl sites for hydroxylation is 1. The quantitative estimate of drug-likeness (QED) is 0.745. The number of aromatic amines is 1. The summed E-state index contributed by atoms with van der Waals surface area (Å²) in [5, 5.41) is 1.29. The molecule has 2 rings (SSSR count). The SMILES string of the molecule is COCc1[nH]c2ccccc2c1C. The Labute approximate surface area is 77.5 Å². The minimum atomic E-state index is 0.653. The van der Waals surface area contributed by atoms with Gasteiger partial charge in [0.2, 0.25) is 0 Å². The maximum Gasteiger partial charge on any atom is 0.0864 e. The molecular formula is C11H13NO. The molecule has 0 saturated heterocycles. The van der Waals surface area contributed by atoms with Gasteiger partial charge in [-0.05, 0) is 18.6 Å². The van der Waals surface area contributed by atoms with Crippen LogP contribution in [0.3, 0.4) is 0 Å². The van der Waals surface area contributed by atoms with Crippen LogP contribution in [-0.4, -0.2) is 12.1 Å². The first-order chi connectivity index (χ1) is 6.33. The van der Waals surface area contributed by atoms with Gasteiger partial charge >= 0.3 is 0 Å². The highest BCUT2D eigenvalue weighted by Gasteiger charge is 2.05. The molecule has 1 heterocycles. The van der Waals surface area contributed by atoms with Gasteiger partial charge in [0.25, 0.3) is 0 Å². The molecule has 0 aliphatic rings. The average Bonchev–Trinajstić information content (AvgIpc) is 2.46. The van der Waals surface area contributed by atoms with E-state index in [1.165, 1.54) is 22.2 Å². The molecule has 0 atom stereocenters. The van der Waals surface area contributed by atoms with Crippen molar-refractivity contribution in [3.63, 3.8) is 0 Å². The van der Waals surface area contributed by atoms with Gasteiger partial charge in [0.15, 0.2) is 0 Å². The van der Waals surface area contributed by atoms with Crippen molar-refractivity contribution in [3.05, 3.63) is 35.5 Å². The molecule has 1 aromatic carbocycles. The zero-order valence-electron chi connectivity index (χ0n) is 7.92. The smallest absolute Gasteiger partial charge is 0.0864 e. The van der Waals surface area contributed by atoms with Crippen LogP contribution in [0.4, 0.5) is 0 Å². The number of rotatable bonds is 2. The summed E-state index contributed by atoms with van der Waals surface area (Å²) in [6.07, 6.45) is 0. The van der Waals surface area contributed by atoms with Crippen LogP contribution in [0.5, 0.6) is 0 Å². The van der Waals surface area contributed by atoms with Crippen LogP contribution in [0.1, 0.15) is 11.3 Å². The van der Waals surface area contributed by atoms with Gasteiger partial charge in [0.1, 0.15) is 0 Å². The fourth-order valence-corrected chi connectivity index (χ4v) is 1.63. The van der Waals surface area contributed by atoms with E-state index in [1.807, 2.05) is 6.07 Å². The summed E-state index contributed by atoms with van der Waals surface area (Å²) in [4.78, 5) is 3.34. The number of hydrogen-bond donors (Lipinski definition) is 1. The van der Waals surface area contributed by atoms with E-state index in [-0.39, 0.29) is 0 Å². The van der Waals surface area contributed by atoms with Crippen molar-refractivity contribution < 1.29 is 4.74 Å². The highest BCUT2D eigenvalue weighted by molar-refractivity contribution is 5.84. The Bertz CT molecular complexity index is 417. The number of methoxy groups -OCH3 is 1. The van der Waals surface area contributed by atoms with Crippen LogP contribution in [0.15, 0.2) is 24.3 Å². The first-order valence-electron chi connectivity index (χ1n) is 4.38. The van der Waals surface area contributed by atoms with Crippen LogP contribution in [0, 0.1) is 6.92 Å². The van der Waals surface area contributed by atoms with Crippen LogP contribution in [0.25, 0.3) is 10.9 Å². The summed E-state index contributed by atoms with van der Waals surface area (Å²) in [6, 6.07) is 8.30. The fourth-order valence-electron chi connectivity index (χ4n) is 1.63. The van der Waals surface area contributed by atoms with Crippen LogP contribution >= 0.6 is 0 Å². The lowest BCUT2D eigenvalue weighted by atomic mass is 10.1. The summed E-state index contributed by atoms with van der Waals surface area (Å²) >= 11 is 0. The Hall–Kier alpha value is -1.28. The fraction of sp³-hybridized carbons (Fsp3) is 0.273.